The quantitative estimate of drug-likeness (QED) is 0.310. The van der Waals surface area contributed by atoms with Gasteiger partial charge in [0.2, 0.25) is 5.82 Å². The number of benzene rings is 2. The van der Waals surface area contributed by atoms with Crippen LogP contribution in [0.1, 0.15) is 15.9 Å². The van der Waals surface area contributed by atoms with Crippen LogP contribution in [-0.4, -0.2) is 69.8 Å². The highest BCUT2D eigenvalue weighted by Crippen LogP contribution is 2.22. The Morgan fingerprint density at radius 1 is 0.949 bits per heavy atom. The Labute approximate surface area is 220 Å². The van der Waals surface area contributed by atoms with Gasteiger partial charge in [0.1, 0.15) is 17.3 Å². The number of pyridine rings is 1. The first-order chi connectivity index (χ1) is 18.7. The molecule has 1 fully saturated rings. The van der Waals surface area contributed by atoms with Crippen LogP contribution in [-0.2, 0) is 6.54 Å². The van der Waals surface area contributed by atoms with Gasteiger partial charge in [-0.3, -0.25) is 14.7 Å². The smallest absolute Gasteiger partial charge is 0.422 e. The maximum atomic E-state index is 13.1. The molecule has 1 aliphatic rings. The van der Waals surface area contributed by atoms with Crippen molar-refractivity contribution in [3.8, 4) is 28.7 Å². The monoisotopic (exact) mass is 541 g/mol. The van der Waals surface area contributed by atoms with E-state index >= 15 is 0 Å². The van der Waals surface area contributed by atoms with Gasteiger partial charge < -0.3 is 14.2 Å². The van der Waals surface area contributed by atoms with Crippen molar-refractivity contribution < 1.29 is 31.6 Å². The maximum absolute atomic E-state index is 13.1. The van der Waals surface area contributed by atoms with Crippen molar-refractivity contribution in [3.05, 3.63) is 83.8 Å². The summed E-state index contributed by atoms with van der Waals surface area (Å²) in [6.45, 7) is 1.64. The summed E-state index contributed by atoms with van der Waals surface area (Å²) in [4.78, 5) is 25.5. The van der Waals surface area contributed by atoms with Crippen molar-refractivity contribution in [2.24, 2.45) is 0 Å². The van der Waals surface area contributed by atoms with Crippen LogP contribution in [0.25, 0.3) is 23.0 Å². The number of hydrogen-bond donors (Lipinski definition) is 0. The molecule has 39 heavy (non-hydrogen) atoms. The number of ether oxygens (including phenoxy) is 1. The van der Waals surface area contributed by atoms with Crippen LogP contribution in [0.15, 0.2) is 71.4 Å². The average Bonchev–Trinajstić information content (AvgIpc) is 3.43. The van der Waals surface area contributed by atoms with E-state index in [1.807, 2.05) is 0 Å². The maximum Gasteiger partial charge on any atom is 0.422 e. The fraction of sp³-hybridized carbons (Fsp3) is 0.259. The highest BCUT2D eigenvalue weighted by atomic mass is 19.4. The molecular weight excluding hydrogens is 518 g/mol. The lowest BCUT2D eigenvalue weighted by molar-refractivity contribution is -0.153. The molecule has 0 bridgehead atoms. The fourth-order valence-corrected chi connectivity index (χ4v) is 4.10. The summed E-state index contributed by atoms with van der Waals surface area (Å²) >= 11 is 0. The van der Waals surface area contributed by atoms with E-state index in [2.05, 4.69) is 20.0 Å². The van der Waals surface area contributed by atoms with Crippen LogP contribution in [0.5, 0.6) is 5.75 Å². The zero-order chi connectivity index (χ0) is 27.4. The number of halogens is 4. The summed E-state index contributed by atoms with van der Waals surface area (Å²) in [5.41, 5.74) is 2.38. The molecule has 2 aromatic heterocycles. The number of hydrogen-bond acceptors (Lipinski definition) is 7. The molecule has 0 N–H and O–H groups in total. The second-order valence-corrected chi connectivity index (χ2v) is 8.98. The van der Waals surface area contributed by atoms with E-state index < -0.39 is 12.8 Å². The first-order valence-electron chi connectivity index (χ1n) is 12.1. The van der Waals surface area contributed by atoms with E-state index in [1.165, 1.54) is 30.5 Å². The van der Waals surface area contributed by atoms with Gasteiger partial charge >= 0.3 is 6.18 Å². The van der Waals surface area contributed by atoms with Crippen LogP contribution in [0.4, 0.5) is 17.6 Å². The topological polar surface area (TPSA) is 84.6 Å². The van der Waals surface area contributed by atoms with Gasteiger partial charge in [-0.05, 0) is 54.1 Å². The minimum atomic E-state index is -4.38. The molecule has 0 saturated carbocycles. The van der Waals surface area contributed by atoms with E-state index in [0.29, 0.717) is 55.4 Å². The average molecular weight is 542 g/mol. The van der Waals surface area contributed by atoms with Crippen molar-refractivity contribution >= 4 is 5.91 Å². The molecule has 4 aromatic rings. The summed E-state index contributed by atoms with van der Waals surface area (Å²) in [6, 6.07) is 15.5. The molecule has 0 aliphatic carbocycles. The van der Waals surface area contributed by atoms with E-state index in [1.54, 1.807) is 41.3 Å². The van der Waals surface area contributed by atoms with E-state index in [4.69, 9.17) is 9.26 Å². The van der Waals surface area contributed by atoms with Crippen LogP contribution in [0.3, 0.4) is 0 Å². The largest absolute Gasteiger partial charge is 0.484 e. The Kier molecular flexibility index (Phi) is 7.55. The molecule has 1 saturated heterocycles. The molecule has 3 heterocycles. The summed E-state index contributed by atoms with van der Waals surface area (Å²) in [7, 11) is 0. The van der Waals surface area contributed by atoms with Gasteiger partial charge in [0.05, 0.1) is 5.56 Å². The number of piperazine rings is 1. The molecule has 12 heteroatoms. The second-order valence-electron chi connectivity index (χ2n) is 8.98. The van der Waals surface area contributed by atoms with E-state index in [9.17, 15) is 22.4 Å². The fourth-order valence-electron chi connectivity index (χ4n) is 4.10. The molecule has 2 aromatic carbocycles. The minimum absolute atomic E-state index is 0.141. The van der Waals surface area contributed by atoms with Crippen molar-refractivity contribution in [1.82, 2.24) is 24.9 Å². The van der Waals surface area contributed by atoms with Crippen molar-refractivity contribution in [1.29, 1.82) is 0 Å². The molecule has 1 aliphatic heterocycles. The lowest BCUT2D eigenvalue weighted by Crippen LogP contribution is -2.48. The number of carbonyl (C=O) groups excluding carboxylic acids is 1. The Balaban J connectivity index is 1.12. The summed E-state index contributed by atoms with van der Waals surface area (Å²) < 4.78 is 60.1. The lowest BCUT2D eigenvalue weighted by Gasteiger charge is -2.34. The second kappa shape index (κ2) is 11.2. The lowest BCUT2D eigenvalue weighted by atomic mass is 10.1. The van der Waals surface area contributed by atoms with Gasteiger partial charge in [-0.25, -0.2) is 4.39 Å². The van der Waals surface area contributed by atoms with Gasteiger partial charge in [-0.15, -0.1) is 0 Å². The number of alkyl halides is 3. The van der Waals surface area contributed by atoms with Gasteiger partial charge in [0.15, 0.2) is 6.61 Å². The first kappa shape index (κ1) is 26.3. The third-order valence-electron chi connectivity index (χ3n) is 6.15. The molecule has 8 nitrogen and oxygen atoms in total. The van der Waals surface area contributed by atoms with E-state index in [-0.39, 0.29) is 23.4 Å². The first-order valence-corrected chi connectivity index (χ1v) is 12.1. The molecule has 0 atom stereocenters. The Bertz CT molecular complexity index is 1400. The minimum Gasteiger partial charge on any atom is -0.484 e. The molecule has 202 valence electrons. The third kappa shape index (κ3) is 6.77. The van der Waals surface area contributed by atoms with Crippen molar-refractivity contribution in [3.63, 3.8) is 0 Å². The Morgan fingerprint density at radius 2 is 1.67 bits per heavy atom. The van der Waals surface area contributed by atoms with Crippen LogP contribution in [0, 0.1) is 5.82 Å². The number of rotatable bonds is 7. The molecule has 5 rings (SSSR count). The summed E-state index contributed by atoms with van der Waals surface area (Å²) in [5, 5.41) is 3.91. The molecule has 0 radical (unpaired) electrons. The SMILES string of the molecule is O=C(c1ccc(-c2nc(-c3ccc(F)cc3)no2)nc1)N1CCN(Cc2ccc(OCC(F)(F)F)cc2)CC1. The van der Waals surface area contributed by atoms with E-state index in [0.717, 1.165) is 5.56 Å². The molecule has 1 amide bonds. The van der Waals surface area contributed by atoms with Crippen molar-refractivity contribution in [2.45, 2.75) is 12.7 Å². The molecular formula is C27H23F4N5O3. The van der Waals surface area contributed by atoms with Gasteiger partial charge in [-0.1, -0.05) is 17.3 Å². The highest BCUT2D eigenvalue weighted by Gasteiger charge is 2.28. The third-order valence-corrected chi connectivity index (χ3v) is 6.15. The van der Waals surface area contributed by atoms with Gasteiger partial charge in [0, 0.05) is 44.5 Å². The van der Waals surface area contributed by atoms with Crippen LogP contribution < -0.4 is 4.74 Å². The van der Waals surface area contributed by atoms with Crippen LogP contribution in [0.2, 0.25) is 0 Å². The van der Waals surface area contributed by atoms with Gasteiger partial charge in [0.25, 0.3) is 11.8 Å². The zero-order valence-electron chi connectivity index (χ0n) is 20.6. The van der Waals surface area contributed by atoms with Crippen LogP contribution >= 0.6 is 0 Å². The summed E-state index contributed by atoms with van der Waals surface area (Å²) in [6.07, 6.45) is -2.91. The highest BCUT2D eigenvalue weighted by molar-refractivity contribution is 5.94. The number of aromatic nitrogens is 3. The Hall–Kier alpha value is -4.32. The Morgan fingerprint density at radius 3 is 2.31 bits per heavy atom. The standard InChI is InChI=1S/C27H23F4N5O3/c28-21-6-3-19(4-7-21)24-33-25(39-34-24)23-10-5-20(15-32-23)26(37)36-13-11-35(12-14-36)16-18-1-8-22(9-2-18)38-17-27(29,30)31/h1-10,15H,11-14,16-17H2. The number of nitrogens with zero attached hydrogens (tertiary/aromatic N) is 5. The predicted molar refractivity (Wildman–Crippen MR) is 132 cm³/mol. The zero-order valence-corrected chi connectivity index (χ0v) is 20.6. The van der Waals surface area contributed by atoms with Gasteiger partial charge in [-0.2, -0.15) is 18.2 Å². The molecule has 0 spiro atoms. The molecule has 0 unspecified atom stereocenters. The summed E-state index contributed by atoms with van der Waals surface area (Å²) in [5.74, 6) is 0.144. The van der Waals surface area contributed by atoms with Crippen molar-refractivity contribution in [2.75, 3.05) is 32.8 Å². The number of amides is 1. The normalized spacial score (nSPS) is 14.4. The predicted octanol–water partition coefficient (Wildman–Crippen LogP) is 4.84. The number of carbonyl (C=O) groups is 1.